The van der Waals surface area contributed by atoms with Crippen LogP contribution in [0.3, 0.4) is 0 Å². The molecular weight excluding hydrogens is 330 g/mol. The van der Waals surface area contributed by atoms with Gasteiger partial charge in [0.15, 0.2) is 10.9 Å². The Morgan fingerprint density at radius 3 is 2.08 bits per heavy atom. The SMILES string of the molecule is Cc1ccc(C(=O)C(C)Sc2nnc(C)n2-c2ccc(C)cc2)cc1. The van der Waals surface area contributed by atoms with Gasteiger partial charge < -0.3 is 0 Å². The number of aromatic nitrogens is 3. The fourth-order valence-electron chi connectivity index (χ4n) is 2.57. The maximum absolute atomic E-state index is 12.7. The summed E-state index contributed by atoms with van der Waals surface area (Å²) in [5.74, 6) is 0.905. The van der Waals surface area contributed by atoms with Crippen LogP contribution in [-0.2, 0) is 0 Å². The van der Waals surface area contributed by atoms with Crippen molar-refractivity contribution in [3.8, 4) is 5.69 Å². The number of rotatable bonds is 5. The smallest absolute Gasteiger partial charge is 0.196 e. The first-order valence-electron chi connectivity index (χ1n) is 8.22. The molecule has 2 aromatic carbocycles. The van der Waals surface area contributed by atoms with E-state index in [4.69, 9.17) is 0 Å². The highest BCUT2D eigenvalue weighted by atomic mass is 32.2. The lowest BCUT2D eigenvalue weighted by atomic mass is 10.1. The monoisotopic (exact) mass is 351 g/mol. The number of hydrogen-bond donors (Lipinski definition) is 0. The maximum atomic E-state index is 12.7. The summed E-state index contributed by atoms with van der Waals surface area (Å²) in [6.07, 6.45) is 0. The molecule has 0 radical (unpaired) electrons. The van der Waals surface area contributed by atoms with Crippen molar-refractivity contribution in [1.29, 1.82) is 0 Å². The van der Waals surface area contributed by atoms with Crippen LogP contribution in [0.1, 0.15) is 34.2 Å². The second-order valence-corrected chi connectivity index (χ2v) is 7.50. The largest absolute Gasteiger partial charge is 0.293 e. The number of carbonyl (C=O) groups excluding carboxylic acids is 1. The second-order valence-electron chi connectivity index (χ2n) is 6.19. The molecule has 0 spiro atoms. The Kier molecular flexibility index (Phi) is 5.04. The minimum absolute atomic E-state index is 0.0982. The third-order valence-corrected chi connectivity index (χ3v) is 5.12. The van der Waals surface area contributed by atoms with E-state index in [0.29, 0.717) is 0 Å². The lowest BCUT2D eigenvalue weighted by Gasteiger charge is -2.12. The minimum atomic E-state index is -0.240. The zero-order valence-electron chi connectivity index (χ0n) is 14.9. The van der Waals surface area contributed by atoms with Gasteiger partial charge in [-0.15, -0.1) is 10.2 Å². The van der Waals surface area contributed by atoms with E-state index in [1.807, 2.05) is 61.7 Å². The molecule has 128 valence electrons. The Labute approximate surface area is 152 Å². The number of nitrogens with zero attached hydrogens (tertiary/aromatic N) is 3. The fraction of sp³-hybridized carbons (Fsp3) is 0.250. The molecule has 4 nitrogen and oxygen atoms in total. The molecule has 0 saturated carbocycles. The molecule has 0 aliphatic heterocycles. The van der Waals surface area contributed by atoms with E-state index in [2.05, 4.69) is 29.3 Å². The topological polar surface area (TPSA) is 47.8 Å². The van der Waals surface area contributed by atoms with E-state index < -0.39 is 0 Å². The predicted octanol–water partition coefficient (Wildman–Crippen LogP) is 4.56. The standard InChI is InChI=1S/C20H21N3OS/c1-13-5-9-17(10-6-13)19(24)15(3)25-20-22-21-16(4)23(20)18-11-7-14(2)8-12-18/h5-12,15H,1-4H3. The Hall–Kier alpha value is -2.40. The van der Waals surface area contributed by atoms with Crippen molar-refractivity contribution in [1.82, 2.24) is 14.8 Å². The summed E-state index contributed by atoms with van der Waals surface area (Å²) >= 11 is 1.44. The first kappa shape index (κ1) is 17.4. The third-order valence-electron chi connectivity index (χ3n) is 4.07. The molecule has 3 rings (SSSR count). The number of carbonyl (C=O) groups is 1. The Morgan fingerprint density at radius 2 is 1.48 bits per heavy atom. The molecule has 0 amide bonds. The molecule has 3 aromatic rings. The summed E-state index contributed by atoms with van der Waals surface area (Å²) in [6, 6.07) is 15.9. The zero-order valence-corrected chi connectivity index (χ0v) is 15.7. The molecule has 0 aliphatic carbocycles. The van der Waals surface area contributed by atoms with Gasteiger partial charge in [-0.2, -0.15) is 0 Å². The highest BCUT2D eigenvalue weighted by Gasteiger charge is 2.21. The summed E-state index contributed by atoms with van der Waals surface area (Å²) in [7, 11) is 0. The van der Waals surface area contributed by atoms with Crippen molar-refractivity contribution in [3.63, 3.8) is 0 Å². The number of aryl methyl sites for hydroxylation is 3. The van der Waals surface area contributed by atoms with Gasteiger partial charge in [0.25, 0.3) is 0 Å². The first-order chi connectivity index (χ1) is 12.0. The molecule has 0 N–H and O–H groups in total. The van der Waals surface area contributed by atoms with Gasteiger partial charge in [0.2, 0.25) is 0 Å². The summed E-state index contributed by atoms with van der Waals surface area (Å²) < 4.78 is 1.99. The van der Waals surface area contributed by atoms with Crippen LogP contribution in [0.5, 0.6) is 0 Å². The van der Waals surface area contributed by atoms with E-state index in [1.165, 1.54) is 17.3 Å². The van der Waals surface area contributed by atoms with Crippen LogP contribution in [0.2, 0.25) is 0 Å². The Balaban J connectivity index is 1.84. The van der Waals surface area contributed by atoms with Gasteiger partial charge in [-0.3, -0.25) is 9.36 Å². The molecule has 1 atom stereocenters. The van der Waals surface area contributed by atoms with Crippen LogP contribution in [0, 0.1) is 20.8 Å². The molecule has 0 aliphatic rings. The van der Waals surface area contributed by atoms with Crippen LogP contribution in [-0.4, -0.2) is 25.8 Å². The van der Waals surface area contributed by atoms with E-state index >= 15 is 0 Å². The Morgan fingerprint density at radius 1 is 0.920 bits per heavy atom. The van der Waals surface area contributed by atoms with Crippen molar-refractivity contribution in [2.24, 2.45) is 0 Å². The lowest BCUT2D eigenvalue weighted by Crippen LogP contribution is -2.14. The van der Waals surface area contributed by atoms with Gasteiger partial charge in [0.05, 0.1) is 5.25 Å². The summed E-state index contributed by atoms with van der Waals surface area (Å²) in [6.45, 7) is 7.90. The summed E-state index contributed by atoms with van der Waals surface area (Å²) in [5.41, 5.74) is 4.08. The van der Waals surface area contributed by atoms with Crippen LogP contribution in [0.25, 0.3) is 5.69 Å². The van der Waals surface area contributed by atoms with Crippen LogP contribution < -0.4 is 0 Å². The number of ketones is 1. The van der Waals surface area contributed by atoms with E-state index in [1.54, 1.807) is 0 Å². The van der Waals surface area contributed by atoms with Gasteiger partial charge in [-0.25, -0.2) is 0 Å². The molecule has 1 heterocycles. The summed E-state index contributed by atoms with van der Waals surface area (Å²) in [5, 5.41) is 8.95. The third kappa shape index (κ3) is 3.82. The second kappa shape index (κ2) is 7.23. The molecule has 5 heteroatoms. The number of hydrogen-bond acceptors (Lipinski definition) is 4. The van der Waals surface area contributed by atoms with Crippen molar-refractivity contribution in [2.45, 2.75) is 38.1 Å². The van der Waals surface area contributed by atoms with Crippen LogP contribution in [0.4, 0.5) is 0 Å². The molecule has 1 unspecified atom stereocenters. The van der Waals surface area contributed by atoms with Gasteiger partial charge in [0, 0.05) is 11.3 Å². The lowest BCUT2D eigenvalue weighted by molar-refractivity contribution is 0.0994. The highest BCUT2D eigenvalue weighted by Crippen LogP contribution is 2.27. The van der Waals surface area contributed by atoms with Gasteiger partial charge in [-0.05, 0) is 39.8 Å². The highest BCUT2D eigenvalue weighted by molar-refractivity contribution is 8.00. The molecule has 0 saturated heterocycles. The van der Waals surface area contributed by atoms with Crippen molar-refractivity contribution < 1.29 is 4.79 Å². The Bertz CT molecular complexity index is 882. The summed E-state index contributed by atoms with van der Waals surface area (Å²) in [4.78, 5) is 12.7. The number of benzene rings is 2. The quantitative estimate of drug-likeness (QED) is 0.499. The van der Waals surface area contributed by atoms with Gasteiger partial charge in [-0.1, -0.05) is 59.3 Å². The minimum Gasteiger partial charge on any atom is -0.293 e. The fourth-order valence-corrected chi connectivity index (χ4v) is 3.56. The average Bonchev–Trinajstić information content (AvgIpc) is 2.96. The van der Waals surface area contributed by atoms with E-state index in [9.17, 15) is 4.79 Å². The number of Topliss-reactive ketones (excluding diaryl/α,β-unsaturated/α-hetero) is 1. The zero-order chi connectivity index (χ0) is 18.0. The van der Waals surface area contributed by atoms with E-state index in [-0.39, 0.29) is 11.0 Å². The molecule has 25 heavy (non-hydrogen) atoms. The van der Waals surface area contributed by atoms with Crippen molar-refractivity contribution in [2.75, 3.05) is 0 Å². The normalized spacial score (nSPS) is 12.2. The molecular formula is C20H21N3OS. The average molecular weight is 351 g/mol. The first-order valence-corrected chi connectivity index (χ1v) is 9.10. The van der Waals surface area contributed by atoms with Crippen LogP contribution in [0.15, 0.2) is 53.7 Å². The van der Waals surface area contributed by atoms with Gasteiger partial charge >= 0.3 is 0 Å². The van der Waals surface area contributed by atoms with Crippen LogP contribution >= 0.6 is 11.8 Å². The number of thioether (sulfide) groups is 1. The molecule has 0 bridgehead atoms. The molecule has 0 fully saturated rings. The predicted molar refractivity (Wildman–Crippen MR) is 102 cm³/mol. The molecule has 1 aromatic heterocycles. The van der Waals surface area contributed by atoms with Crippen molar-refractivity contribution in [3.05, 3.63) is 71.0 Å². The van der Waals surface area contributed by atoms with Crippen molar-refractivity contribution >= 4 is 17.5 Å². The van der Waals surface area contributed by atoms with E-state index in [0.717, 1.165) is 27.8 Å². The maximum Gasteiger partial charge on any atom is 0.196 e. The van der Waals surface area contributed by atoms with Gasteiger partial charge in [0.1, 0.15) is 5.82 Å².